The van der Waals surface area contributed by atoms with Crippen LogP contribution in [0.4, 0.5) is 5.69 Å². The van der Waals surface area contributed by atoms with Crippen molar-refractivity contribution in [2.24, 2.45) is 5.16 Å². The summed E-state index contributed by atoms with van der Waals surface area (Å²) in [5.74, 6) is -0.514. The maximum atomic E-state index is 11.3. The summed E-state index contributed by atoms with van der Waals surface area (Å²) >= 11 is 0. The molecule has 1 aromatic rings. The summed E-state index contributed by atoms with van der Waals surface area (Å²) in [6, 6.07) is 5.86. The predicted octanol–water partition coefficient (Wildman–Crippen LogP) is 0.701. The first kappa shape index (κ1) is 12.2. The van der Waals surface area contributed by atoms with Gasteiger partial charge in [-0.1, -0.05) is 17.3 Å². The van der Waals surface area contributed by atoms with E-state index in [1.54, 1.807) is 0 Å². The van der Waals surface area contributed by atoms with E-state index < -0.39 is 15.8 Å². The lowest BCUT2D eigenvalue weighted by atomic mass is 10.1. The number of ketones is 1. The fraction of sp³-hybridized carbons (Fsp3) is 0.111. The van der Waals surface area contributed by atoms with Crippen LogP contribution in [0.1, 0.15) is 10.4 Å². The van der Waals surface area contributed by atoms with Crippen LogP contribution >= 0.6 is 0 Å². The first-order valence-electron chi connectivity index (χ1n) is 4.22. The van der Waals surface area contributed by atoms with Crippen LogP contribution in [0.5, 0.6) is 0 Å². The maximum Gasteiger partial charge on any atom is 0.229 e. The molecule has 1 rings (SSSR count). The van der Waals surface area contributed by atoms with Crippen molar-refractivity contribution in [3.8, 4) is 0 Å². The third-order valence-electron chi connectivity index (χ3n) is 1.63. The highest BCUT2D eigenvalue weighted by atomic mass is 32.2. The number of oxime groups is 1. The number of nitrogens with zero attached hydrogens (tertiary/aromatic N) is 1. The standard InChI is InChI=1S/C9H10N2O4S/c1-16(14,15)11-8-4-2-3-7(5-8)9(12)6-10-13/h2-6,11,13H,1H3/b10-6+. The molecule has 1 aromatic carbocycles. The van der Waals surface area contributed by atoms with Gasteiger partial charge in [0, 0.05) is 11.3 Å². The van der Waals surface area contributed by atoms with Crippen LogP contribution in [0.3, 0.4) is 0 Å². The van der Waals surface area contributed by atoms with E-state index >= 15 is 0 Å². The second kappa shape index (κ2) is 4.75. The highest BCUT2D eigenvalue weighted by Gasteiger charge is 2.06. The van der Waals surface area contributed by atoms with Crippen LogP contribution in [-0.4, -0.2) is 31.9 Å². The number of nitrogens with one attached hydrogen (secondary N) is 1. The third-order valence-corrected chi connectivity index (χ3v) is 2.23. The average molecular weight is 242 g/mol. The molecule has 6 nitrogen and oxygen atoms in total. The van der Waals surface area contributed by atoms with Gasteiger partial charge in [0.05, 0.1) is 6.26 Å². The van der Waals surface area contributed by atoms with Crippen LogP contribution < -0.4 is 4.72 Å². The molecule has 0 atom stereocenters. The molecular formula is C9H10N2O4S. The molecule has 16 heavy (non-hydrogen) atoms. The Morgan fingerprint density at radius 2 is 2.19 bits per heavy atom. The molecule has 0 spiro atoms. The van der Waals surface area contributed by atoms with Crippen molar-refractivity contribution < 1.29 is 18.4 Å². The zero-order valence-corrected chi connectivity index (χ0v) is 9.23. The van der Waals surface area contributed by atoms with E-state index in [2.05, 4.69) is 9.88 Å². The van der Waals surface area contributed by atoms with Gasteiger partial charge in [-0.05, 0) is 12.1 Å². The molecular weight excluding hydrogens is 232 g/mol. The largest absolute Gasteiger partial charge is 0.411 e. The average Bonchev–Trinajstić information content (AvgIpc) is 2.16. The molecule has 0 aliphatic heterocycles. The van der Waals surface area contributed by atoms with Gasteiger partial charge in [-0.25, -0.2) is 8.42 Å². The predicted molar refractivity (Wildman–Crippen MR) is 59.5 cm³/mol. The summed E-state index contributed by atoms with van der Waals surface area (Å²) in [4.78, 5) is 11.3. The van der Waals surface area contributed by atoms with Crippen molar-refractivity contribution in [1.29, 1.82) is 0 Å². The fourth-order valence-corrected chi connectivity index (χ4v) is 1.63. The Morgan fingerprint density at radius 1 is 1.50 bits per heavy atom. The van der Waals surface area contributed by atoms with Crippen LogP contribution in [0, 0.1) is 0 Å². The maximum absolute atomic E-state index is 11.3. The van der Waals surface area contributed by atoms with Gasteiger partial charge >= 0.3 is 0 Å². The number of sulfonamides is 1. The molecule has 0 fully saturated rings. The minimum absolute atomic E-state index is 0.228. The molecule has 0 aliphatic rings. The Morgan fingerprint density at radius 3 is 2.75 bits per heavy atom. The first-order valence-corrected chi connectivity index (χ1v) is 6.11. The van der Waals surface area contributed by atoms with E-state index in [-0.39, 0.29) is 11.3 Å². The Kier molecular flexibility index (Phi) is 3.62. The molecule has 0 saturated carbocycles. The summed E-state index contributed by atoms with van der Waals surface area (Å²) < 4.78 is 24.1. The quantitative estimate of drug-likeness (QED) is 0.351. The van der Waals surface area contributed by atoms with E-state index in [0.29, 0.717) is 0 Å². The lowest BCUT2D eigenvalue weighted by Crippen LogP contribution is -2.10. The molecule has 0 saturated heterocycles. The number of carbonyl (C=O) groups excluding carboxylic acids is 1. The number of hydrogen-bond donors (Lipinski definition) is 2. The zero-order chi connectivity index (χ0) is 12.2. The van der Waals surface area contributed by atoms with Crippen LogP contribution in [0.2, 0.25) is 0 Å². The van der Waals surface area contributed by atoms with Crippen molar-refractivity contribution in [3.63, 3.8) is 0 Å². The van der Waals surface area contributed by atoms with Crippen molar-refractivity contribution in [1.82, 2.24) is 0 Å². The second-order valence-electron chi connectivity index (χ2n) is 3.06. The smallest absolute Gasteiger partial charge is 0.229 e. The summed E-state index contributed by atoms with van der Waals surface area (Å²) in [5, 5.41) is 10.8. The molecule has 0 bridgehead atoms. The van der Waals surface area contributed by atoms with Gasteiger partial charge in [-0.2, -0.15) is 0 Å². The van der Waals surface area contributed by atoms with E-state index in [1.807, 2.05) is 0 Å². The monoisotopic (exact) mass is 242 g/mol. The Bertz CT molecular complexity index is 522. The Balaban J connectivity index is 3.00. The molecule has 0 unspecified atom stereocenters. The highest BCUT2D eigenvalue weighted by Crippen LogP contribution is 2.11. The van der Waals surface area contributed by atoms with Crippen molar-refractivity contribution >= 4 is 27.7 Å². The Hall–Kier alpha value is -1.89. The van der Waals surface area contributed by atoms with Crippen molar-refractivity contribution in [2.75, 3.05) is 11.0 Å². The molecule has 0 radical (unpaired) electrons. The summed E-state index contributed by atoms with van der Waals surface area (Å²) in [6.45, 7) is 0. The minimum atomic E-state index is -3.38. The lowest BCUT2D eigenvalue weighted by molar-refractivity contribution is 0.106. The van der Waals surface area contributed by atoms with Crippen LogP contribution in [-0.2, 0) is 10.0 Å². The Labute approximate surface area is 92.6 Å². The van der Waals surface area contributed by atoms with Gasteiger partial charge < -0.3 is 5.21 Å². The SMILES string of the molecule is CS(=O)(=O)Nc1cccc(C(=O)/C=N/O)c1. The normalized spacial score (nSPS) is 11.6. The topological polar surface area (TPSA) is 95.8 Å². The zero-order valence-electron chi connectivity index (χ0n) is 8.41. The molecule has 7 heteroatoms. The summed E-state index contributed by atoms with van der Waals surface area (Å²) in [5.41, 5.74) is 0.506. The summed E-state index contributed by atoms with van der Waals surface area (Å²) in [7, 11) is -3.38. The van der Waals surface area contributed by atoms with Crippen molar-refractivity contribution in [3.05, 3.63) is 29.8 Å². The number of carbonyl (C=O) groups is 1. The molecule has 0 amide bonds. The van der Waals surface area contributed by atoms with Gasteiger partial charge in [0.1, 0.15) is 6.21 Å². The molecule has 0 aromatic heterocycles. The van der Waals surface area contributed by atoms with Gasteiger partial charge in [-0.3, -0.25) is 9.52 Å². The first-order chi connectivity index (χ1) is 7.42. The molecule has 0 heterocycles. The van der Waals surface area contributed by atoms with Crippen molar-refractivity contribution in [2.45, 2.75) is 0 Å². The van der Waals surface area contributed by atoms with Crippen LogP contribution in [0.25, 0.3) is 0 Å². The number of Topliss-reactive ketones (excluding diaryl/α,β-unsaturated/α-hetero) is 1. The molecule has 2 N–H and O–H groups in total. The van der Waals surface area contributed by atoms with E-state index in [0.717, 1.165) is 12.5 Å². The van der Waals surface area contributed by atoms with Crippen LogP contribution in [0.15, 0.2) is 29.4 Å². The number of rotatable bonds is 4. The fourth-order valence-electron chi connectivity index (χ4n) is 1.08. The van der Waals surface area contributed by atoms with E-state index in [4.69, 9.17) is 5.21 Å². The third kappa shape index (κ3) is 3.70. The summed E-state index contributed by atoms with van der Waals surface area (Å²) in [6.07, 6.45) is 1.75. The number of anilines is 1. The van der Waals surface area contributed by atoms with Gasteiger partial charge in [0.2, 0.25) is 15.8 Å². The van der Waals surface area contributed by atoms with Gasteiger partial charge in [0.25, 0.3) is 0 Å². The van der Waals surface area contributed by atoms with E-state index in [9.17, 15) is 13.2 Å². The lowest BCUT2D eigenvalue weighted by Gasteiger charge is -2.04. The highest BCUT2D eigenvalue weighted by molar-refractivity contribution is 7.92. The molecule has 86 valence electrons. The van der Waals surface area contributed by atoms with Gasteiger partial charge in [0.15, 0.2) is 0 Å². The molecule has 0 aliphatic carbocycles. The second-order valence-corrected chi connectivity index (χ2v) is 4.81. The van der Waals surface area contributed by atoms with E-state index in [1.165, 1.54) is 24.3 Å². The van der Waals surface area contributed by atoms with Gasteiger partial charge in [-0.15, -0.1) is 0 Å². The number of benzene rings is 1. The number of hydrogen-bond acceptors (Lipinski definition) is 5. The minimum Gasteiger partial charge on any atom is -0.411 e.